The van der Waals surface area contributed by atoms with Crippen molar-refractivity contribution in [1.29, 1.82) is 0 Å². The molecule has 92 valence electrons. The van der Waals surface area contributed by atoms with E-state index in [4.69, 9.17) is 11.6 Å². The molecule has 0 fully saturated rings. The third-order valence-electron chi connectivity index (χ3n) is 1.78. The molecule has 1 aromatic heterocycles. The first kappa shape index (κ1) is 15.3. The minimum atomic E-state index is -4.34. The minimum Gasteiger partial charge on any atom is -0.484 e. The number of ether oxygens (including phenoxy) is 1. The van der Waals surface area contributed by atoms with E-state index >= 15 is 0 Å². The van der Waals surface area contributed by atoms with E-state index in [0.29, 0.717) is 11.3 Å². The van der Waals surface area contributed by atoms with Crippen LogP contribution in [0.1, 0.15) is 11.3 Å². The minimum absolute atomic E-state index is 0. The number of hydrogen-bond donors (Lipinski definition) is 0. The standard InChI is InChI=1S/C9H9ClF3NO.ClH/c1-6-7(4-10)14-3-2-8(6)15-5-9(11,12)13;/h2-3H,4-5H2,1H3;1H. The van der Waals surface area contributed by atoms with E-state index in [1.54, 1.807) is 6.92 Å². The quantitative estimate of drug-likeness (QED) is 0.788. The van der Waals surface area contributed by atoms with Gasteiger partial charge in [0.1, 0.15) is 5.75 Å². The van der Waals surface area contributed by atoms with E-state index in [2.05, 4.69) is 9.72 Å². The van der Waals surface area contributed by atoms with Gasteiger partial charge in [0.15, 0.2) is 6.61 Å². The monoisotopic (exact) mass is 275 g/mol. The van der Waals surface area contributed by atoms with Crippen molar-refractivity contribution < 1.29 is 17.9 Å². The molecule has 0 spiro atoms. The SMILES string of the molecule is Cc1c(OCC(F)(F)F)ccnc1CCl.Cl. The van der Waals surface area contributed by atoms with Gasteiger partial charge in [-0.05, 0) is 13.0 Å². The second kappa shape index (κ2) is 6.15. The Morgan fingerprint density at radius 1 is 1.44 bits per heavy atom. The lowest BCUT2D eigenvalue weighted by Gasteiger charge is -2.12. The smallest absolute Gasteiger partial charge is 0.422 e. The molecule has 0 amide bonds. The fourth-order valence-electron chi connectivity index (χ4n) is 1.01. The Labute approximate surface area is 102 Å². The van der Waals surface area contributed by atoms with Gasteiger partial charge in [-0.25, -0.2) is 0 Å². The first-order valence-corrected chi connectivity index (χ1v) is 4.67. The first-order chi connectivity index (χ1) is 6.94. The molecule has 0 bridgehead atoms. The summed E-state index contributed by atoms with van der Waals surface area (Å²) >= 11 is 5.55. The fraction of sp³-hybridized carbons (Fsp3) is 0.444. The highest BCUT2D eigenvalue weighted by Crippen LogP contribution is 2.23. The Kier molecular flexibility index (Phi) is 5.89. The lowest BCUT2D eigenvalue weighted by molar-refractivity contribution is -0.153. The summed E-state index contributed by atoms with van der Waals surface area (Å²) in [7, 11) is 0. The average Bonchev–Trinajstić information content (AvgIpc) is 2.15. The van der Waals surface area contributed by atoms with Crippen molar-refractivity contribution >= 4 is 24.0 Å². The highest BCUT2D eigenvalue weighted by Gasteiger charge is 2.28. The molecule has 1 heterocycles. The van der Waals surface area contributed by atoms with Gasteiger partial charge in [-0.2, -0.15) is 13.2 Å². The van der Waals surface area contributed by atoms with Crippen LogP contribution in [0.15, 0.2) is 12.3 Å². The third kappa shape index (κ3) is 4.45. The van der Waals surface area contributed by atoms with Gasteiger partial charge in [-0.15, -0.1) is 24.0 Å². The van der Waals surface area contributed by atoms with Crippen molar-refractivity contribution in [3.8, 4) is 5.75 Å². The summed E-state index contributed by atoms with van der Waals surface area (Å²) < 4.78 is 40.3. The van der Waals surface area contributed by atoms with Crippen molar-refractivity contribution in [3.05, 3.63) is 23.5 Å². The maximum Gasteiger partial charge on any atom is 0.422 e. The van der Waals surface area contributed by atoms with Gasteiger partial charge in [-0.3, -0.25) is 4.98 Å². The Morgan fingerprint density at radius 3 is 2.56 bits per heavy atom. The van der Waals surface area contributed by atoms with Crippen LogP contribution in [0.5, 0.6) is 5.75 Å². The van der Waals surface area contributed by atoms with Crippen LogP contribution < -0.4 is 4.74 Å². The Bertz CT molecular complexity index is 344. The van der Waals surface area contributed by atoms with Crippen LogP contribution in [0.3, 0.4) is 0 Å². The predicted octanol–water partition coefficient (Wildman–Crippen LogP) is 3.49. The first-order valence-electron chi connectivity index (χ1n) is 4.14. The molecular formula is C9H10Cl2F3NO. The van der Waals surface area contributed by atoms with Gasteiger partial charge in [0.05, 0.1) is 11.6 Å². The van der Waals surface area contributed by atoms with Crippen LogP contribution in [0.25, 0.3) is 0 Å². The van der Waals surface area contributed by atoms with Gasteiger partial charge >= 0.3 is 6.18 Å². The molecule has 0 aromatic carbocycles. The second-order valence-electron chi connectivity index (χ2n) is 2.92. The normalized spacial score (nSPS) is 10.8. The third-order valence-corrected chi connectivity index (χ3v) is 2.03. The van der Waals surface area contributed by atoms with E-state index in [9.17, 15) is 13.2 Å². The number of hydrogen-bond acceptors (Lipinski definition) is 2. The lowest BCUT2D eigenvalue weighted by Crippen LogP contribution is -2.19. The molecule has 0 saturated carbocycles. The van der Waals surface area contributed by atoms with Gasteiger partial charge in [0.25, 0.3) is 0 Å². The molecule has 0 aliphatic heterocycles. The molecule has 7 heteroatoms. The van der Waals surface area contributed by atoms with Crippen LogP contribution in [-0.2, 0) is 5.88 Å². The number of nitrogens with zero attached hydrogens (tertiary/aromatic N) is 1. The molecule has 1 rings (SSSR count). The molecule has 16 heavy (non-hydrogen) atoms. The summed E-state index contributed by atoms with van der Waals surface area (Å²) in [5.74, 6) is 0.313. The zero-order chi connectivity index (χ0) is 11.5. The van der Waals surface area contributed by atoms with Gasteiger partial charge < -0.3 is 4.74 Å². The Morgan fingerprint density at radius 2 is 2.06 bits per heavy atom. The largest absolute Gasteiger partial charge is 0.484 e. The molecule has 1 aromatic rings. The number of rotatable bonds is 3. The van der Waals surface area contributed by atoms with Crippen LogP contribution in [0, 0.1) is 6.92 Å². The zero-order valence-corrected chi connectivity index (χ0v) is 9.92. The maximum absolute atomic E-state index is 11.9. The molecule has 0 N–H and O–H groups in total. The highest BCUT2D eigenvalue weighted by atomic mass is 35.5. The van der Waals surface area contributed by atoms with Crippen LogP contribution in [0.4, 0.5) is 13.2 Å². The predicted molar refractivity (Wildman–Crippen MR) is 57.3 cm³/mol. The molecule has 0 atom stereocenters. The number of halogens is 5. The molecule has 0 aliphatic rings. The Balaban J connectivity index is 0.00000225. The maximum atomic E-state index is 11.9. The molecule has 0 radical (unpaired) electrons. The Hall–Kier alpha value is -0.680. The van der Waals surface area contributed by atoms with Crippen molar-refractivity contribution in [1.82, 2.24) is 4.98 Å². The van der Waals surface area contributed by atoms with Crippen LogP contribution in [-0.4, -0.2) is 17.8 Å². The summed E-state index contributed by atoms with van der Waals surface area (Å²) in [5.41, 5.74) is 1.06. The molecular weight excluding hydrogens is 266 g/mol. The zero-order valence-electron chi connectivity index (χ0n) is 8.34. The van der Waals surface area contributed by atoms with Crippen LogP contribution in [0.2, 0.25) is 0 Å². The van der Waals surface area contributed by atoms with E-state index in [1.807, 2.05) is 0 Å². The van der Waals surface area contributed by atoms with Crippen molar-refractivity contribution in [2.75, 3.05) is 6.61 Å². The van der Waals surface area contributed by atoms with E-state index in [-0.39, 0.29) is 24.0 Å². The number of pyridine rings is 1. The van der Waals surface area contributed by atoms with Gasteiger partial charge in [0.2, 0.25) is 0 Å². The summed E-state index contributed by atoms with van der Waals surface area (Å²) in [6.45, 7) is 0.315. The second-order valence-corrected chi connectivity index (χ2v) is 3.19. The van der Waals surface area contributed by atoms with E-state index < -0.39 is 12.8 Å². The van der Waals surface area contributed by atoms with Crippen molar-refractivity contribution in [2.24, 2.45) is 0 Å². The molecule has 2 nitrogen and oxygen atoms in total. The molecule has 0 unspecified atom stereocenters. The molecule has 0 saturated heterocycles. The van der Waals surface area contributed by atoms with Gasteiger partial charge in [0, 0.05) is 11.8 Å². The summed E-state index contributed by atoms with van der Waals surface area (Å²) in [5, 5.41) is 0. The average molecular weight is 276 g/mol. The van der Waals surface area contributed by atoms with Crippen molar-refractivity contribution in [3.63, 3.8) is 0 Å². The highest BCUT2D eigenvalue weighted by molar-refractivity contribution is 6.17. The van der Waals surface area contributed by atoms with Gasteiger partial charge in [-0.1, -0.05) is 0 Å². The molecule has 0 aliphatic carbocycles. The summed E-state index contributed by atoms with van der Waals surface area (Å²) in [4.78, 5) is 3.91. The number of alkyl halides is 4. The fourth-order valence-corrected chi connectivity index (χ4v) is 1.28. The van der Waals surface area contributed by atoms with E-state index in [0.717, 1.165) is 0 Å². The summed E-state index contributed by atoms with van der Waals surface area (Å²) in [6, 6.07) is 1.39. The summed E-state index contributed by atoms with van der Waals surface area (Å²) in [6.07, 6.45) is -2.97. The van der Waals surface area contributed by atoms with E-state index in [1.165, 1.54) is 12.3 Å². The number of aromatic nitrogens is 1. The lowest BCUT2D eigenvalue weighted by atomic mass is 10.2. The van der Waals surface area contributed by atoms with Crippen LogP contribution >= 0.6 is 24.0 Å². The van der Waals surface area contributed by atoms with Crippen molar-refractivity contribution in [2.45, 2.75) is 19.0 Å². The topological polar surface area (TPSA) is 22.1 Å².